The van der Waals surface area contributed by atoms with Crippen molar-refractivity contribution in [1.29, 1.82) is 0 Å². The Kier molecular flexibility index (Phi) is 2.66. The van der Waals surface area contributed by atoms with Crippen molar-refractivity contribution in [3.8, 4) is 5.75 Å². The Balaban J connectivity index is 2.81. The second-order valence-corrected chi connectivity index (χ2v) is 4.05. The summed E-state index contributed by atoms with van der Waals surface area (Å²) < 4.78 is 0. The summed E-state index contributed by atoms with van der Waals surface area (Å²) in [7, 11) is 0. The molecule has 0 heterocycles. The van der Waals surface area contributed by atoms with Crippen molar-refractivity contribution in [3.63, 3.8) is 0 Å². The van der Waals surface area contributed by atoms with E-state index < -0.39 is 5.97 Å². The molecule has 0 atom stereocenters. The molecule has 0 radical (unpaired) electrons. The normalized spacial score (nSPS) is 10.6. The Morgan fingerprint density at radius 1 is 1.19 bits per heavy atom. The number of hydrogen-bond donors (Lipinski definition) is 2. The van der Waals surface area contributed by atoms with Crippen molar-refractivity contribution in [2.24, 2.45) is 0 Å². The summed E-state index contributed by atoms with van der Waals surface area (Å²) in [5.41, 5.74) is 0.144. The molecule has 0 saturated carbocycles. The number of fused-ring (bicyclic) bond motifs is 1. The van der Waals surface area contributed by atoms with E-state index in [0.717, 1.165) is 0 Å². The molecule has 5 heteroatoms. The Bertz CT molecular complexity index is 593. The third-order valence-electron chi connectivity index (χ3n) is 2.25. The van der Waals surface area contributed by atoms with E-state index in [0.29, 0.717) is 10.8 Å². The summed E-state index contributed by atoms with van der Waals surface area (Å²) >= 11 is 11.6. The fourth-order valence-electron chi connectivity index (χ4n) is 1.45. The highest BCUT2D eigenvalue weighted by atomic mass is 35.5. The van der Waals surface area contributed by atoms with Crippen LogP contribution < -0.4 is 0 Å². The van der Waals surface area contributed by atoms with Crippen molar-refractivity contribution in [1.82, 2.24) is 0 Å². The molecule has 16 heavy (non-hydrogen) atoms. The lowest BCUT2D eigenvalue weighted by Crippen LogP contribution is -1.95. The largest absolute Gasteiger partial charge is 0.505 e. The molecule has 0 unspecified atom stereocenters. The standard InChI is InChI=1S/C11H6Cl2O3/c12-8-4-6-3-5(11(15)16)1-2-7(6)9(13)10(8)14/h1-4,14H,(H,15,16). The number of benzene rings is 2. The summed E-state index contributed by atoms with van der Waals surface area (Å²) in [4.78, 5) is 10.8. The molecular formula is C11H6Cl2O3. The van der Waals surface area contributed by atoms with Crippen molar-refractivity contribution < 1.29 is 15.0 Å². The van der Waals surface area contributed by atoms with Crippen molar-refractivity contribution >= 4 is 39.9 Å². The summed E-state index contributed by atoms with van der Waals surface area (Å²) in [5, 5.41) is 19.7. The first kappa shape index (κ1) is 11.0. The minimum atomic E-state index is -1.03. The number of carboxylic acids is 1. The van der Waals surface area contributed by atoms with Crippen molar-refractivity contribution in [2.45, 2.75) is 0 Å². The predicted octanol–water partition coefficient (Wildman–Crippen LogP) is 3.55. The van der Waals surface area contributed by atoms with Crippen LogP contribution in [0.5, 0.6) is 5.75 Å². The first-order valence-electron chi connectivity index (χ1n) is 4.34. The summed E-state index contributed by atoms with van der Waals surface area (Å²) in [6.07, 6.45) is 0. The first-order chi connectivity index (χ1) is 7.50. The molecule has 0 bridgehead atoms. The number of aromatic hydroxyl groups is 1. The molecule has 82 valence electrons. The minimum absolute atomic E-state index is 0.0973. The zero-order valence-corrected chi connectivity index (χ0v) is 9.38. The zero-order chi connectivity index (χ0) is 11.9. The highest BCUT2D eigenvalue weighted by Crippen LogP contribution is 2.38. The molecule has 2 N–H and O–H groups in total. The number of carbonyl (C=O) groups is 1. The van der Waals surface area contributed by atoms with Gasteiger partial charge in [0.15, 0.2) is 5.75 Å². The van der Waals surface area contributed by atoms with Gasteiger partial charge in [0.25, 0.3) is 0 Å². The van der Waals surface area contributed by atoms with Gasteiger partial charge in [0, 0.05) is 5.39 Å². The number of carboxylic acid groups (broad SMARTS) is 1. The van der Waals surface area contributed by atoms with Gasteiger partial charge in [-0.3, -0.25) is 0 Å². The molecule has 0 saturated heterocycles. The van der Waals surface area contributed by atoms with E-state index in [1.807, 2.05) is 0 Å². The van der Waals surface area contributed by atoms with Crippen LogP contribution in [0.15, 0.2) is 24.3 Å². The number of halogens is 2. The Morgan fingerprint density at radius 2 is 1.88 bits per heavy atom. The number of aromatic carboxylic acids is 1. The second-order valence-electron chi connectivity index (χ2n) is 3.26. The molecule has 3 nitrogen and oxygen atoms in total. The Labute approximate surface area is 101 Å². The van der Waals surface area contributed by atoms with E-state index in [1.54, 1.807) is 0 Å². The van der Waals surface area contributed by atoms with Crippen LogP contribution in [0.2, 0.25) is 10.0 Å². The van der Waals surface area contributed by atoms with Crippen LogP contribution in [0.1, 0.15) is 10.4 Å². The maximum absolute atomic E-state index is 10.8. The molecule has 0 aromatic heterocycles. The molecule has 2 aromatic carbocycles. The molecule has 2 aromatic rings. The molecule has 0 aliphatic rings. The van der Waals surface area contributed by atoms with Gasteiger partial charge in [0.2, 0.25) is 0 Å². The van der Waals surface area contributed by atoms with Gasteiger partial charge in [-0.05, 0) is 23.6 Å². The monoisotopic (exact) mass is 256 g/mol. The summed E-state index contributed by atoms with van der Waals surface area (Å²) in [6.45, 7) is 0. The summed E-state index contributed by atoms with van der Waals surface area (Å²) in [5.74, 6) is -1.22. The molecular weight excluding hydrogens is 251 g/mol. The molecule has 0 spiro atoms. The van der Waals surface area contributed by atoms with E-state index >= 15 is 0 Å². The van der Waals surface area contributed by atoms with Gasteiger partial charge in [-0.1, -0.05) is 29.3 Å². The number of rotatable bonds is 1. The lowest BCUT2D eigenvalue weighted by Gasteiger charge is -2.05. The lowest BCUT2D eigenvalue weighted by atomic mass is 10.1. The molecule has 0 aliphatic heterocycles. The van der Waals surface area contributed by atoms with Crippen molar-refractivity contribution in [2.75, 3.05) is 0 Å². The molecule has 0 amide bonds. The van der Waals surface area contributed by atoms with E-state index in [1.165, 1.54) is 24.3 Å². The van der Waals surface area contributed by atoms with E-state index in [9.17, 15) is 9.90 Å². The topological polar surface area (TPSA) is 57.5 Å². The molecule has 2 rings (SSSR count). The van der Waals surface area contributed by atoms with Crippen LogP contribution >= 0.6 is 23.2 Å². The first-order valence-corrected chi connectivity index (χ1v) is 5.10. The number of phenols is 1. The highest BCUT2D eigenvalue weighted by Gasteiger charge is 2.11. The number of hydrogen-bond acceptors (Lipinski definition) is 2. The van der Waals surface area contributed by atoms with Crippen LogP contribution in [-0.2, 0) is 0 Å². The lowest BCUT2D eigenvalue weighted by molar-refractivity contribution is 0.0697. The van der Waals surface area contributed by atoms with Crippen LogP contribution in [0.25, 0.3) is 10.8 Å². The van der Waals surface area contributed by atoms with Crippen LogP contribution in [0.3, 0.4) is 0 Å². The van der Waals surface area contributed by atoms with Gasteiger partial charge in [0.1, 0.15) is 0 Å². The number of phenolic OH excluding ortho intramolecular Hbond substituents is 1. The van der Waals surface area contributed by atoms with E-state index in [4.69, 9.17) is 28.3 Å². The zero-order valence-electron chi connectivity index (χ0n) is 7.87. The third-order valence-corrected chi connectivity index (χ3v) is 2.92. The van der Waals surface area contributed by atoms with Crippen LogP contribution in [0, 0.1) is 0 Å². The van der Waals surface area contributed by atoms with Crippen LogP contribution in [-0.4, -0.2) is 16.2 Å². The average molecular weight is 257 g/mol. The maximum Gasteiger partial charge on any atom is 0.335 e. The minimum Gasteiger partial charge on any atom is -0.505 e. The smallest absolute Gasteiger partial charge is 0.335 e. The summed E-state index contributed by atoms with van der Waals surface area (Å²) in [6, 6.07) is 5.89. The van der Waals surface area contributed by atoms with E-state index in [-0.39, 0.29) is 21.4 Å². The Hall–Kier alpha value is -1.45. The van der Waals surface area contributed by atoms with Gasteiger partial charge < -0.3 is 10.2 Å². The van der Waals surface area contributed by atoms with Gasteiger partial charge in [-0.15, -0.1) is 0 Å². The fraction of sp³-hybridized carbons (Fsp3) is 0. The fourth-order valence-corrected chi connectivity index (χ4v) is 1.99. The average Bonchev–Trinajstić information content (AvgIpc) is 2.25. The molecule has 0 aliphatic carbocycles. The quantitative estimate of drug-likeness (QED) is 0.821. The SMILES string of the molecule is O=C(O)c1ccc2c(Cl)c(O)c(Cl)cc2c1. The van der Waals surface area contributed by atoms with Crippen molar-refractivity contribution in [3.05, 3.63) is 39.9 Å². The van der Waals surface area contributed by atoms with Gasteiger partial charge >= 0.3 is 5.97 Å². The van der Waals surface area contributed by atoms with E-state index in [2.05, 4.69) is 0 Å². The third kappa shape index (κ3) is 1.68. The maximum atomic E-state index is 10.8. The Morgan fingerprint density at radius 3 is 2.50 bits per heavy atom. The van der Waals surface area contributed by atoms with Gasteiger partial charge in [-0.25, -0.2) is 4.79 Å². The second kappa shape index (κ2) is 3.85. The van der Waals surface area contributed by atoms with Gasteiger partial charge in [0.05, 0.1) is 15.6 Å². The predicted molar refractivity (Wildman–Crippen MR) is 62.6 cm³/mol. The highest BCUT2D eigenvalue weighted by molar-refractivity contribution is 6.41. The molecule has 0 fully saturated rings. The van der Waals surface area contributed by atoms with Crippen LogP contribution in [0.4, 0.5) is 0 Å². The van der Waals surface area contributed by atoms with Gasteiger partial charge in [-0.2, -0.15) is 0 Å².